The topological polar surface area (TPSA) is 34.5 Å². The van der Waals surface area contributed by atoms with E-state index in [-0.39, 0.29) is 12.1 Å². The van der Waals surface area contributed by atoms with Gasteiger partial charge in [0.15, 0.2) is 0 Å². The number of aromatic nitrogens is 1. The monoisotopic (exact) mass is 312 g/mol. The Morgan fingerprint density at radius 1 is 0.875 bits per heavy atom. The number of ether oxygens (including phenoxy) is 1. The van der Waals surface area contributed by atoms with Crippen LogP contribution >= 0.6 is 0 Å². The molecule has 1 aromatic heterocycles. The lowest BCUT2D eigenvalue weighted by Gasteiger charge is -2.09. The van der Waals surface area contributed by atoms with Gasteiger partial charge in [-0.05, 0) is 34.4 Å². The molecule has 0 N–H and O–H groups in total. The van der Waals surface area contributed by atoms with E-state index < -0.39 is 0 Å². The molecule has 2 aliphatic rings. The lowest BCUT2D eigenvalue weighted by Crippen LogP contribution is -2.14. The summed E-state index contributed by atoms with van der Waals surface area (Å²) in [5, 5.41) is 0. The van der Waals surface area contributed by atoms with E-state index in [2.05, 4.69) is 47.4 Å². The first-order chi connectivity index (χ1) is 11.9. The minimum absolute atomic E-state index is 0.110. The maximum atomic E-state index is 6.13. The second kappa shape index (κ2) is 5.31. The molecule has 5 rings (SSSR count). The quantitative estimate of drug-likeness (QED) is 0.711. The van der Waals surface area contributed by atoms with Crippen LogP contribution in [0.1, 0.15) is 22.9 Å². The number of nitrogens with zero attached hydrogens (tertiary/aromatic N) is 2. The summed E-state index contributed by atoms with van der Waals surface area (Å²) in [6.07, 6.45) is 2.86. The molecule has 0 fully saturated rings. The van der Waals surface area contributed by atoms with Gasteiger partial charge in [0.1, 0.15) is 17.8 Å². The summed E-state index contributed by atoms with van der Waals surface area (Å²) in [5.74, 6) is 0.664. The van der Waals surface area contributed by atoms with E-state index >= 15 is 0 Å². The van der Waals surface area contributed by atoms with Gasteiger partial charge in [-0.2, -0.15) is 0 Å². The molecular formula is C21H16N2O. The van der Waals surface area contributed by atoms with E-state index in [1.54, 1.807) is 0 Å². The first-order valence-corrected chi connectivity index (χ1v) is 8.22. The second-order valence-electron chi connectivity index (χ2n) is 6.23. The van der Waals surface area contributed by atoms with Gasteiger partial charge < -0.3 is 4.74 Å². The first kappa shape index (κ1) is 13.5. The highest BCUT2D eigenvalue weighted by Crippen LogP contribution is 2.40. The molecule has 3 aromatic rings. The molecular weight excluding hydrogens is 296 g/mol. The van der Waals surface area contributed by atoms with Crippen LogP contribution in [-0.2, 0) is 11.2 Å². The van der Waals surface area contributed by atoms with E-state index in [1.807, 2.05) is 30.5 Å². The predicted octanol–water partition coefficient (Wildman–Crippen LogP) is 4.19. The van der Waals surface area contributed by atoms with Gasteiger partial charge in [0, 0.05) is 12.6 Å². The summed E-state index contributed by atoms with van der Waals surface area (Å²) in [6, 6.07) is 23.0. The maximum Gasteiger partial charge on any atom is 0.236 e. The zero-order chi connectivity index (χ0) is 15.9. The van der Waals surface area contributed by atoms with Crippen molar-refractivity contribution in [2.45, 2.75) is 18.6 Å². The number of rotatable bonds is 2. The Morgan fingerprint density at radius 2 is 1.71 bits per heavy atom. The number of benzene rings is 2. The van der Waals surface area contributed by atoms with Gasteiger partial charge in [-0.1, -0.05) is 54.6 Å². The van der Waals surface area contributed by atoms with Crippen molar-refractivity contribution in [1.29, 1.82) is 0 Å². The van der Waals surface area contributed by atoms with Crippen LogP contribution in [0.25, 0.3) is 11.1 Å². The highest BCUT2D eigenvalue weighted by molar-refractivity contribution is 5.95. The summed E-state index contributed by atoms with van der Waals surface area (Å²) in [7, 11) is 0. The fourth-order valence-corrected chi connectivity index (χ4v) is 3.58. The van der Waals surface area contributed by atoms with Crippen molar-refractivity contribution in [1.82, 2.24) is 4.98 Å². The van der Waals surface area contributed by atoms with Crippen molar-refractivity contribution >= 4 is 5.90 Å². The SMILES string of the molecule is c1ccc(-c2ccnc(C3=N[C@H]4c5ccccc5C[C@H]4O3)c2)cc1. The van der Waals surface area contributed by atoms with Crippen LogP contribution in [0.4, 0.5) is 0 Å². The number of hydrogen-bond donors (Lipinski definition) is 0. The largest absolute Gasteiger partial charge is 0.470 e. The molecule has 3 heteroatoms. The summed E-state index contributed by atoms with van der Waals surface area (Å²) in [4.78, 5) is 9.30. The Kier molecular flexibility index (Phi) is 2.98. The number of fused-ring (bicyclic) bond motifs is 3. The van der Waals surface area contributed by atoms with Gasteiger partial charge >= 0.3 is 0 Å². The van der Waals surface area contributed by atoms with E-state index in [4.69, 9.17) is 9.73 Å². The van der Waals surface area contributed by atoms with Gasteiger partial charge in [0.25, 0.3) is 0 Å². The van der Waals surface area contributed by atoms with Crippen LogP contribution in [0.3, 0.4) is 0 Å². The Labute approximate surface area is 140 Å². The summed E-state index contributed by atoms with van der Waals surface area (Å²) in [6.45, 7) is 0. The molecule has 1 aliphatic heterocycles. The van der Waals surface area contributed by atoms with E-state index in [1.165, 1.54) is 16.7 Å². The molecule has 0 bridgehead atoms. The zero-order valence-electron chi connectivity index (χ0n) is 13.1. The molecule has 116 valence electrons. The second-order valence-corrected chi connectivity index (χ2v) is 6.23. The van der Waals surface area contributed by atoms with Crippen LogP contribution in [0.5, 0.6) is 0 Å². The lowest BCUT2D eigenvalue weighted by atomic mass is 10.1. The minimum Gasteiger partial charge on any atom is -0.470 e. The van der Waals surface area contributed by atoms with Crippen LogP contribution in [0.15, 0.2) is 77.9 Å². The average molecular weight is 312 g/mol. The van der Waals surface area contributed by atoms with Crippen molar-refractivity contribution in [3.8, 4) is 11.1 Å². The molecule has 0 spiro atoms. The molecule has 2 heterocycles. The smallest absolute Gasteiger partial charge is 0.236 e. The first-order valence-electron chi connectivity index (χ1n) is 8.22. The fourth-order valence-electron chi connectivity index (χ4n) is 3.58. The van der Waals surface area contributed by atoms with Crippen molar-refractivity contribution < 1.29 is 4.74 Å². The Hall–Kier alpha value is -2.94. The molecule has 3 nitrogen and oxygen atoms in total. The van der Waals surface area contributed by atoms with Crippen molar-refractivity contribution in [3.05, 3.63) is 89.7 Å². The van der Waals surface area contributed by atoms with E-state index in [9.17, 15) is 0 Å². The molecule has 2 atom stereocenters. The van der Waals surface area contributed by atoms with Gasteiger partial charge in [0.2, 0.25) is 5.90 Å². The Bertz CT molecular complexity index is 933. The van der Waals surface area contributed by atoms with Gasteiger partial charge in [-0.25, -0.2) is 4.99 Å². The van der Waals surface area contributed by atoms with Crippen molar-refractivity contribution in [2.75, 3.05) is 0 Å². The highest BCUT2D eigenvalue weighted by Gasteiger charge is 2.39. The molecule has 1 aliphatic carbocycles. The number of hydrogen-bond acceptors (Lipinski definition) is 3. The summed E-state index contributed by atoms with van der Waals surface area (Å²) < 4.78 is 6.13. The zero-order valence-corrected chi connectivity index (χ0v) is 13.1. The van der Waals surface area contributed by atoms with Crippen LogP contribution < -0.4 is 0 Å². The Balaban J connectivity index is 1.51. The van der Waals surface area contributed by atoms with Crippen LogP contribution in [-0.4, -0.2) is 17.0 Å². The molecule has 0 radical (unpaired) electrons. The Morgan fingerprint density at radius 3 is 2.62 bits per heavy atom. The molecule has 24 heavy (non-hydrogen) atoms. The fraction of sp³-hybridized carbons (Fsp3) is 0.143. The number of pyridine rings is 1. The van der Waals surface area contributed by atoms with Crippen LogP contribution in [0.2, 0.25) is 0 Å². The minimum atomic E-state index is 0.110. The highest BCUT2D eigenvalue weighted by atomic mass is 16.5. The van der Waals surface area contributed by atoms with E-state index in [0.29, 0.717) is 5.90 Å². The summed E-state index contributed by atoms with van der Waals surface area (Å²) in [5.41, 5.74) is 5.75. The predicted molar refractivity (Wildman–Crippen MR) is 94.0 cm³/mol. The molecule has 0 saturated heterocycles. The number of aliphatic imine (C=N–C) groups is 1. The van der Waals surface area contributed by atoms with Crippen molar-refractivity contribution in [3.63, 3.8) is 0 Å². The molecule has 0 saturated carbocycles. The molecule has 2 aromatic carbocycles. The third-order valence-corrected chi connectivity index (χ3v) is 4.75. The van der Waals surface area contributed by atoms with Gasteiger partial charge in [-0.15, -0.1) is 0 Å². The molecule has 0 amide bonds. The normalized spacial score (nSPS) is 20.9. The van der Waals surface area contributed by atoms with Crippen molar-refractivity contribution in [2.24, 2.45) is 4.99 Å². The third-order valence-electron chi connectivity index (χ3n) is 4.75. The standard InChI is InChI=1S/C21H16N2O/c1-2-6-14(7-3-1)15-10-11-22-18(12-15)21-23-20-17-9-5-4-8-16(17)13-19(20)24-21/h1-12,19-20H,13H2/t19-,20+/m1/s1. The average Bonchev–Trinajstić information content (AvgIpc) is 3.21. The molecule has 0 unspecified atom stereocenters. The maximum absolute atomic E-state index is 6.13. The lowest BCUT2D eigenvalue weighted by molar-refractivity contribution is 0.206. The van der Waals surface area contributed by atoms with E-state index in [0.717, 1.165) is 17.7 Å². The van der Waals surface area contributed by atoms with Crippen LogP contribution in [0, 0.1) is 0 Å². The third kappa shape index (κ3) is 2.13. The summed E-state index contributed by atoms with van der Waals surface area (Å²) >= 11 is 0. The van der Waals surface area contributed by atoms with Gasteiger partial charge in [0.05, 0.1) is 0 Å². The van der Waals surface area contributed by atoms with Gasteiger partial charge in [-0.3, -0.25) is 4.98 Å².